The summed E-state index contributed by atoms with van der Waals surface area (Å²) >= 11 is 1.49. The topological polar surface area (TPSA) is 58.6 Å². The van der Waals surface area contributed by atoms with Gasteiger partial charge in [-0.25, -0.2) is 0 Å². The molecule has 2 amide bonds. The molecule has 5 nitrogen and oxygen atoms in total. The molecule has 2 aliphatic rings. The Hall–Kier alpha value is -3.35. The molecule has 1 atom stereocenters. The lowest BCUT2D eigenvalue weighted by Crippen LogP contribution is -2.34. The van der Waals surface area contributed by atoms with Gasteiger partial charge in [0.15, 0.2) is 0 Å². The van der Waals surface area contributed by atoms with E-state index in [1.165, 1.54) is 11.8 Å². The Morgan fingerprint density at radius 3 is 2.63 bits per heavy atom. The van der Waals surface area contributed by atoms with Gasteiger partial charge < -0.3 is 15.0 Å². The zero-order chi connectivity index (χ0) is 24.2. The molecule has 6 heteroatoms. The van der Waals surface area contributed by atoms with Crippen molar-refractivity contribution in [3.8, 4) is 0 Å². The van der Waals surface area contributed by atoms with Crippen LogP contribution in [0.1, 0.15) is 39.9 Å². The molecule has 1 fully saturated rings. The molecular formula is C29H28N2O3S. The van der Waals surface area contributed by atoms with Gasteiger partial charge in [0.2, 0.25) is 0 Å². The minimum Gasteiger partial charge on any atom is -0.376 e. The number of carbonyl (C=O) groups excluding carboxylic acids is 2. The number of aryl methyl sites for hydroxylation is 1. The summed E-state index contributed by atoms with van der Waals surface area (Å²) in [7, 11) is 0. The highest BCUT2D eigenvalue weighted by Gasteiger charge is 2.29. The zero-order valence-electron chi connectivity index (χ0n) is 19.7. The van der Waals surface area contributed by atoms with Crippen molar-refractivity contribution in [3.05, 3.63) is 100.0 Å². The molecule has 3 aromatic rings. The van der Waals surface area contributed by atoms with Crippen molar-refractivity contribution in [3.63, 3.8) is 0 Å². The smallest absolute Gasteiger partial charge is 0.265 e. The monoisotopic (exact) mass is 484 g/mol. The van der Waals surface area contributed by atoms with Crippen LogP contribution in [0.2, 0.25) is 0 Å². The van der Waals surface area contributed by atoms with Gasteiger partial charge in [0.05, 0.1) is 23.2 Å². The number of nitrogens with zero attached hydrogens (tertiary/aromatic N) is 1. The van der Waals surface area contributed by atoms with Crippen molar-refractivity contribution in [1.29, 1.82) is 0 Å². The molecule has 0 unspecified atom stereocenters. The quantitative estimate of drug-likeness (QED) is 0.464. The predicted molar refractivity (Wildman–Crippen MR) is 140 cm³/mol. The Balaban J connectivity index is 1.34. The number of hydrogen-bond donors (Lipinski definition) is 1. The summed E-state index contributed by atoms with van der Waals surface area (Å²) in [6, 6.07) is 23.5. The second-order valence-corrected chi connectivity index (χ2v) is 9.95. The van der Waals surface area contributed by atoms with Gasteiger partial charge in [0.25, 0.3) is 11.8 Å². The highest BCUT2D eigenvalue weighted by atomic mass is 32.2. The maximum atomic E-state index is 13.6. The van der Waals surface area contributed by atoms with Crippen molar-refractivity contribution >= 4 is 35.3 Å². The molecule has 178 valence electrons. The second kappa shape index (κ2) is 10.5. The molecule has 3 aromatic carbocycles. The molecule has 2 heterocycles. The van der Waals surface area contributed by atoms with E-state index >= 15 is 0 Å². The minimum absolute atomic E-state index is 0.0182. The van der Waals surface area contributed by atoms with Crippen molar-refractivity contribution in [2.45, 2.75) is 37.3 Å². The fraction of sp³-hybridized carbons (Fsp3) is 0.241. The van der Waals surface area contributed by atoms with Crippen molar-refractivity contribution in [2.24, 2.45) is 0 Å². The summed E-state index contributed by atoms with van der Waals surface area (Å²) in [5.74, 6) is -0.128. The van der Waals surface area contributed by atoms with E-state index < -0.39 is 0 Å². The lowest BCUT2D eigenvalue weighted by atomic mass is 10.1. The van der Waals surface area contributed by atoms with Gasteiger partial charge in [-0.05, 0) is 66.8 Å². The predicted octanol–water partition coefficient (Wildman–Crippen LogP) is 5.58. The number of rotatable bonds is 6. The molecule has 1 saturated heterocycles. The van der Waals surface area contributed by atoms with Crippen LogP contribution in [0.25, 0.3) is 6.08 Å². The maximum Gasteiger partial charge on any atom is 0.265 e. The lowest BCUT2D eigenvalue weighted by molar-refractivity contribution is -0.114. The van der Waals surface area contributed by atoms with Gasteiger partial charge in [-0.3, -0.25) is 9.59 Å². The van der Waals surface area contributed by atoms with Gasteiger partial charge in [0, 0.05) is 23.6 Å². The van der Waals surface area contributed by atoms with Crippen molar-refractivity contribution < 1.29 is 14.3 Å². The number of carbonyl (C=O) groups is 2. The van der Waals surface area contributed by atoms with Crippen LogP contribution in [-0.2, 0) is 16.1 Å². The van der Waals surface area contributed by atoms with Gasteiger partial charge >= 0.3 is 0 Å². The fourth-order valence-electron chi connectivity index (χ4n) is 4.37. The van der Waals surface area contributed by atoms with Crippen LogP contribution in [0.5, 0.6) is 0 Å². The van der Waals surface area contributed by atoms with E-state index in [0.717, 1.165) is 46.7 Å². The molecule has 2 aliphatic heterocycles. The van der Waals surface area contributed by atoms with Crippen LogP contribution >= 0.6 is 11.8 Å². The Kier molecular flexibility index (Phi) is 7.02. The van der Waals surface area contributed by atoms with Crippen LogP contribution in [0.4, 0.5) is 5.69 Å². The SMILES string of the molecule is Cc1ccccc1CN1C(=O)/C(=C\c2ccc(C(=O)NC[C@@H]3CCCO3)cc2)Sc2ccccc21. The molecule has 0 aromatic heterocycles. The number of ether oxygens (including phenoxy) is 1. The molecule has 0 radical (unpaired) electrons. The van der Waals surface area contributed by atoms with Gasteiger partial charge in [0.1, 0.15) is 0 Å². The Labute approximate surface area is 210 Å². The van der Waals surface area contributed by atoms with E-state index in [-0.39, 0.29) is 17.9 Å². The highest BCUT2D eigenvalue weighted by molar-refractivity contribution is 8.04. The molecule has 0 aliphatic carbocycles. The first-order valence-corrected chi connectivity index (χ1v) is 12.7. The Morgan fingerprint density at radius 2 is 1.86 bits per heavy atom. The third-order valence-corrected chi connectivity index (χ3v) is 7.48. The average molecular weight is 485 g/mol. The van der Waals surface area contributed by atoms with E-state index in [0.29, 0.717) is 23.6 Å². The molecule has 0 bridgehead atoms. The van der Waals surface area contributed by atoms with E-state index in [2.05, 4.69) is 24.4 Å². The van der Waals surface area contributed by atoms with Gasteiger partial charge in [-0.15, -0.1) is 0 Å². The Bertz CT molecular complexity index is 1260. The molecule has 0 spiro atoms. The van der Waals surface area contributed by atoms with Crippen LogP contribution < -0.4 is 10.2 Å². The number of para-hydroxylation sites is 1. The number of hydrogen-bond acceptors (Lipinski definition) is 4. The first-order valence-electron chi connectivity index (χ1n) is 11.9. The summed E-state index contributed by atoms with van der Waals surface area (Å²) in [5.41, 5.74) is 4.70. The third-order valence-electron chi connectivity index (χ3n) is 6.41. The largest absolute Gasteiger partial charge is 0.376 e. The number of amides is 2. The van der Waals surface area contributed by atoms with Crippen LogP contribution in [0.3, 0.4) is 0 Å². The number of thioether (sulfide) groups is 1. The van der Waals surface area contributed by atoms with Crippen LogP contribution in [0, 0.1) is 6.92 Å². The second-order valence-electron chi connectivity index (χ2n) is 8.86. The molecule has 35 heavy (non-hydrogen) atoms. The van der Waals surface area contributed by atoms with E-state index in [9.17, 15) is 9.59 Å². The van der Waals surface area contributed by atoms with Gasteiger partial charge in [-0.1, -0.05) is 60.3 Å². The first kappa shape index (κ1) is 23.4. The average Bonchev–Trinajstić information content (AvgIpc) is 3.40. The summed E-state index contributed by atoms with van der Waals surface area (Å²) in [6.45, 7) is 3.89. The van der Waals surface area contributed by atoms with Crippen LogP contribution in [-0.4, -0.2) is 31.1 Å². The van der Waals surface area contributed by atoms with E-state index in [4.69, 9.17) is 4.74 Å². The number of nitrogens with one attached hydrogen (secondary N) is 1. The lowest BCUT2D eigenvalue weighted by Gasteiger charge is -2.31. The maximum absolute atomic E-state index is 13.6. The van der Waals surface area contributed by atoms with Crippen LogP contribution in [0.15, 0.2) is 82.6 Å². The Morgan fingerprint density at radius 1 is 1.09 bits per heavy atom. The summed E-state index contributed by atoms with van der Waals surface area (Å²) in [5, 5.41) is 2.95. The van der Waals surface area contributed by atoms with E-state index in [1.807, 2.05) is 59.5 Å². The number of fused-ring (bicyclic) bond motifs is 1. The fourth-order valence-corrected chi connectivity index (χ4v) is 5.43. The summed E-state index contributed by atoms with van der Waals surface area (Å²) in [4.78, 5) is 29.6. The van der Waals surface area contributed by atoms with E-state index in [1.54, 1.807) is 12.1 Å². The number of benzene rings is 3. The van der Waals surface area contributed by atoms with Crippen molar-refractivity contribution in [1.82, 2.24) is 5.32 Å². The highest BCUT2D eigenvalue weighted by Crippen LogP contribution is 2.42. The molecule has 0 saturated carbocycles. The van der Waals surface area contributed by atoms with Crippen molar-refractivity contribution in [2.75, 3.05) is 18.1 Å². The molecule has 5 rings (SSSR count). The standard InChI is InChI=1S/C29H28N2O3S/c1-20-7-2-3-8-23(20)19-31-25-10-4-5-11-26(25)35-27(29(31)33)17-21-12-14-22(15-13-21)28(32)30-18-24-9-6-16-34-24/h2-5,7-8,10-15,17,24H,6,9,16,18-19H2,1H3,(H,30,32)/b27-17+/t24-/m0/s1. The molecule has 1 N–H and O–H groups in total. The third kappa shape index (κ3) is 5.34. The number of anilines is 1. The summed E-state index contributed by atoms with van der Waals surface area (Å²) < 4.78 is 5.57. The molecular weight excluding hydrogens is 456 g/mol. The normalized spacial score (nSPS) is 18.5. The first-order chi connectivity index (χ1) is 17.1. The minimum atomic E-state index is -0.110. The zero-order valence-corrected chi connectivity index (χ0v) is 20.5. The van der Waals surface area contributed by atoms with Gasteiger partial charge in [-0.2, -0.15) is 0 Å². The summed E-state index contributed by atoms with van der Waals surface area (Å²) in [6.07, 6.45) is 4.06.